The van der Waals surface area contributed by atoms with Gasteiger partial charge in [-0.2, -0.15) is 0 Å². The molecule has 1 aromatic carbocycles. The second kappa shape index (κ2) is 8.10. The number of aromatic nitrogens is 2. The second-order valence-electron chi connectivity index (χ2n) is 6.02. The van der Waals surface area contributed by atoms with Crippen molar-refractivity contribution >= 4 is 33.3 Å². The third-order valence-corrected chi connectivity index (χ3v) is 6.27. The topological polar surface area (TPSA) is 44.1 Å². The molecule has 0 unspecified atom stereocenters. The second-order valence-corrected chi connectivity index (χ2v) is 8.29. The van der Waals surface area contributed by atoms with Gasteiger partial charge in [-0.1, -0.05) is 36.0 Å². The van der Waals surface area contributed by atoms with Crippen molar-refractivity contribution in [2.75, 3.05) is 12.4 Å². The zero-order valence-electron chi connectivity index (χ0n) is 15.2. The van der Waals surface area contributed by atoms with Crippen LogP contribution in [0.15, 0.2) is 46.9 Å². The normalized spacial score (nSPS) is 11.0. The number of allylic oxidation sites excluding steroid dienone is 1. The fraction of sp³-hybridized carbons (Fsp3) is 0.300. The minimum absolute atomic E-state index is 0.0130. The number of thioether (sulfide) groups is 1. The van der Waals surface area contributed by atoms with Gasteiger partial charge < -0.3 is 4.74 Å². The summed E-state index contributed by atoms with van der Waals surface area (Å²) in [6.45, 7) is 10.8. The number of nitrogens with zero attached hydrogens (tertiary/aromatic N) is 2. The van der Waals surface area contributed by atoms with E-state index < -0.39 is 0 Å². The number of aryl methyl sites for hydroxylation is 3. The molecule has 3 aromatic rings. The maximum absolute atomic E-state index is 12.9. The van der Waals surface area contributed by atoms with Crippen LogP contribution in [0, 0.1) is 20.8 Å². The molecule has 0 aliphatic heterocycles. The first-order chi connectivity index (χ1) is 12.5. The van der Waals surface area contributed by atoms with Crippen molar-refractivity contribution in [3.05, 3.63) is 63.3 Å². The average Bonchev–Trinajstić information content (AvgIpc) is 2.90. The zero-order valence-corrected chi connectivity index (χ0v) is 16.9. The Kier molecular flexibility index (Phi) is 5.84. The average molecular weight is 387 g/mol. The molecule has 0 saturated heterocycles. The fourth-order valence-electron chi connectivity index (χ4n) is 2.71. The predicted octanol–water partition coefficient (Wildman–Crippen LogP) is 4.74. The van der Waals surface area contributed by atoms with Gasteiger partial charge in [0.05, 0.1) is 12.0 Å². The lowest BCUT2D eigenvalue weighted by atomic mass is 10.2. The standard InChI is InChI=1S/C20H22N2O2S2/c1-5-10-22-19(23)17-14(3)15(4)26-18(17)21-20(22)25-12-11-24-16-9-7-6-8-13(16)2/h5-9H,1,10-12H2,2-4H3. The highest BCUT2D eigenvalue weighted by atomic mass is 32.2. The Labute approximate surface area is 161 Å². The molecule has 2 aromatic heterocycles. The van der Waals surface area contributed by atoms with Crippen LogP contribution in [-0.4, -0.2) is 21.9 Å². The molecule has 0 aliphatic rings. The molecular formula is C20H22N2O2S2. The fourth-order valence-corrected chi connectivity index (χ4v) is 4.61. The van der Waals surface area contributed by atoms with Gasteiger partial charge in [-0.3, -0.25) is 9.36 Å². The van der Waals surface area contributed by atoms with Crippen LogP contribution in [-0.2, 0) is 6.54 Å². The lowest BCUT2D eigenvalue weighted by Gasteiger charge is -2.11. The molecule has 2 heterocycles. The van der Waals surface area contributed by atoms with Crippen LogP contribution in [0.3, 0.4) is 0 Å². The van der Waals surface area contributed by atoms with E-state index in [0.29, 0.717) is 18.9 Å². The number of rotatable bonds is 7. The Balaban J connectivity index is 1.80. The molecule has 4 nitrogen and oxygen atoms in total. The lowest BCUT2D eigenvalue weighted by molar-refractivity contribution is 0.341. The Bertz CT molecular complexity index is 1000. The zero-order chi connectivity index (χ0) is 18.7. The predicted molar refractivity (Wildman–Crippen MR) is 111 cm³/mol. The van der Waals surface area contributed by atoms with Crippen LogP contribution in [0.4, 0.5) is 0 Å². The number of para-hydroxylation sites is 1. The molecule has 136 valence electrons. The van der Waals surface area contributed by atoms with E-state index in [2.05, 4.69) is 6.58 Å². The minimum atomic E-state index is 0.0130. The number of hydrogen-bond donors (Lipinski definition) is 0. The van der Waals surface area contributed by atoms with Crippen LogP contribution in [0.25, 0.3) is 10.2 Å². The highest BCUT2D eigenvalue weighted by Gasteiger charge is 2.16. The Morgan fingerprint density at radius 1 is 1.31 bits per heavy atom. The minimum Gasteiger partial charge on any atom is -0.492 e. The lowest BCUT2D eigenvalue weighted by Crippen LogP contribution is -2.23. The summed E-state index contributed by atoms with van der Waals surface area (Å²) in [4.78, 5) is 19.6. The molecule has 0 bridgehead atoms. The number of hydrogen-bond acceptors (Lipinski definition) is 5. The Morgan fingerprint density at radius 2 is 2.08 bits per heavy atom. The number of ether oxygens (including phenoxy) is 1. The van der Waals surface area contributed by atoms with Crippen molar-refractivity contribution < 1.29 is 4.74 Å². The summed E-state index contributed by atoms with van der Waals surface area (Å²) in [5.41, 5.74) is 2.16. The molecule has 3 rings (SSSR count). The van der Waals surface area contributed by atoms with Crippen LogP contribution < -0.4 is 10.3 Å². The van der Waals surface area contributed by atoms with Gasteiger partial charge in [0.2, 0.25) is 0 Å². The number of fused-ring (bicyclic) bond motifs is 1. The quantitative estimate of drug-likeness (QED) is 0.255. The van der Waals surface area contributed by atoms with Crippen molar-refractivity contribution in [1.29, 1.82) is 0 Å². The summed E-state index contributed by atoms with van der Waals surface area (Å²) < 4.78 is 7.55. The van der Waals surface area contributed by atoms with Crippen LogP contribution in [0.5, 0.6) is 5.75 Å². The number of benzene rings is 1. The summed E-state index contributed by atoms with van der Waals surface area (Å²) in [6.07, 6.45) is 1.73. The molecule has 0 amide bonds. The smallest absolute Gasteiger partial charge is 0.263 e. The highest BCUT2D eigenvalue weighted by molar-refractivity contribution is 7.99. The van der Waals surface area contributed by atoms with Gasteiger partial charge in [-0.15, -0.1) is 17.9 Å². The Morgan fingerprint density at radius 3 is 2.81 bits per heavy atom. The largest absolute Gasteiger partial charge is 0.492 e. The van der Waals surface area contributed by atoms with Gasteiger partial charge in [0.15, 0.2) is 5.16 Å². The molecule has 0 saturated carbocycles. The van der Waals surface area contributed by atoms with Gasteiger partial charge in [0, 0.05) is 17.2 Å². The van der Waals surface area contributed by atoms with Crippen LogP contribution in [0.2, 0.25) is 0 Å². The summed E-state index contributed by atoms with van der Waals surface area (Å²) in [5.74, 6) is 1.61. The van der Waals surface area contributed by atoms with Crippen molar-refractivity contribution in [2.45, 2.75) is 32.5 Å². The molecule has 0 spiro atoms. The van der Waals surface area contributed by atoms with E-state index in [1.54, 1.807) is 33.7 Å². The van der Waals surface area contributed by atoms with E-state index in [9.17, 15) is 4.79 Å². The third-order valence-electron chi connectivity index (χ3n) is 4.23. The monoisotopic (exact) mass is 386 g/mol. The first-order valence-corrected chi connectivity index (χ1v) is 10.3. The van der Waals surface area contributed by atoms with Crippen molar-refractivity contribution in [3.63, 3.8) is 0 Å². The molecular weight excluding hydrogens is 364 g/mol. The van der Waals surface area contributed by atoms with E-state index in [-0.39, 0.29) is 5.56 Å². The molecule has 0 radical (unpaired) electrons. The van der Waals surface area contributed by atoms with E-state index in [1.807, 2.05) is 45.0 Å². The van der Waals surface area contributed by atoms with Gasteiger partial charge in [0.1, 0.15) is 10.6 Å². The maximum Gasteiger partial charge on any atom is 0.263 e. The molecule has 0 N–H and O–H groups in total. The maximum atomic E-state index is 12.9. The first kappa shape index (κ1) is 18.7. The summed E-state index contributed by atoms with van der Waals surface area (Å²) in [7, 11) is 0. The van der Waals surface area contributed by atoms with Gasteiger partial charge in [0.25, 0.3) is 5.56 Å². The molecule has 0 aliphatic carbocycles. The summed E-state index contributed by atoms with van der Waals surface area (Å²) in [6, 6.07) is 7.96. The summed E-state index contributed by atoms with van der Waals surface area (Å²) in [5, 5.41) is 1.45. The van der Waals surface area contributed by atoms with Crippen LogP contribution >= 0.6 is 23.1 Å². The molecule has 26 heavy (non-hydrogen) atoms. The van der Waals surface area contributed by atoms with E-state index in [4.69, 9.17) is 9.72 Å². The first-order valence-electron chi connectivity index (χ1n) is 8.45. The van der Waals surface area contributed by atoms with E-state index >= 15 is 0 Å². The van der Waals surface area contributed by atoms with Gasteiger partial charge in [-0.05, 0) is 38.0 Å². The van der Waals surface area contributed by atoms with Gasteiger partial charge in [-0.25, -0.2) is 4.98 Å². The molecule has 0 atom stereocenters. The third kappa shape index (κ3) is 3.71. The van der Waals surface area contributed by atoms with Crippen molar-refractivity contribution in [2.24, 2.45) is 0 Å². The van der Waals surface area contributed by atoms with Crippen molar-refractivity contribution in [1.82, 2.24) is 9.55 Å². The molecule has 0 fully saturated rings. The Hall–Kier alpha value is -2.05. The van der Waals surface area contributed by atoms with Gasteiger partial charge >= 0.3 is 0 Å². The SMILES string of the molecule is C=CCn1c(SCCOc2ccccc2C)nc2sc(C)c(C)c2c1=O. The van der Waals surface area contributed by atoms with Crippen LogP contribution in [0.1, 0.15) is 16.0 Å². The van der Waals surface area contributed by atoms with E-state index in [0.717, 1.165) is 37.1 Å². The van der Waals surface area contributed by atoms with Crippen molar-refractivity contribution in [3.8, 4) is 5.75 Å². The summed E-state index contributed by atoms with van der Waals surface area (Å²) >= 11 is 3.12. The highest BCUT2D eigenvalue weighted by Crippen LogP contribution is 2.28. The number of thiophene rings is 1. The molecule has 6 heteroatoms. The van der Waals surface area contributed by atoms with E-state index in [1.165, 1.54) is 0 Å².